The lowest BCUT2D eigenvalue weighted by Gasteiger charge is -2.23. The van der Waals surface area contributed by atoms with E-state index in [1.807, 2.05) is 0 Å². The summed E-state index contributed by atoms with van der Waals surface area (Å²) in [4.78, 5) is -0.0740. The Kier molecular flexibility index (Phi) is 7.45. The zero-order valence-corrected chi connectivity index (χ0v) is 15.5. The minimum atomic E-state index is -3.72. The first-order valence-electron chi connectivity index (χ1n) is 8.28. The number of hydrogen-bond acceptors (Lipinski definition) is 5. The van der Waals surface area contributed by atoms with E-state index >= 15 is 0 Å². The van der Waals surface area contributed by atoms with Crippen LogP contribution < -0.4 is 14.8 Å². The molecule has 0 amide bonds. The maximum atomic E-state index is 14.2. The molecule has 0 radical (unpaired) electrons. The second-order valence-corrected chi connectivity index (χ2v) is 7.99. The SMILES string of the molecule is Cl.O=S(=O)(NC1CCNCC1)c1ccc(OCC2CCOC2)c(F)c1. The molecular formula is C16H24ClFN2O4S. The van der Waals surface area contributed by atoms with Crippen molar-refractivity contribution in [2.75, 3.05) is 32.9 Å². The predicted molar refractivity (Wildman–Crippen MR) is 94.3 cm³/mol. The van der Waals surface area contributed by atoms with Crippen LogP contribution in [0.4, 0.5) is 4.39 Å². The van der Waals surface area contributed by atoms with E-state index in [1.54, 1.807) is 0 Å². The van der Waals surface area contributed by atoms with Gasteiger partial charge in [0.15, 0.2) is 11.6 Å². The monoisotopic (exact) mass is 394 g/mol. The van der Waals surface area contributed by atoms with Gasteiger partial charge in [-0.3, -0.25) is 0 Å². The molecule has 6 nitrogen and oxygen atoms in total. The van der Waals surface area contributed by atoms with Crippen molar-refractivity contribution in [3.8, 4) is 5.75 Å². The van der Waals surface area contributed by atoms with Gasteiger partial charge in [0.05, 0.1) is 18.1 Å². The van der Waals surface area contributed by atoms with Crippen molar-refractivity contribution in [3.05, 3.63) is 24.0 Å². The van der Waals surface area contributed by atoms with E-state index in [1.165, 1.54) is 12.1 Å². The Morgan fingerprint density at radius 3 is 2.68 bits per heavy atom. The Balaban J connectivity index is 0.00000225. The number of ether oxygens (including phenoxy) is 2. The zero-order valence-electron chi connectivity index (χ0n) is 13.9. The highest BCUT2D eigenvalue weighted by atomic mass is 35.5. The third-order valence-corrected chi connectivity index (χ3v) is 5.89. The molecule has 2 heterocycles. The molecule has 1 aromatic carbocycles. The number of benzene rings is 1. The number of hydrogen-bond donors (Lipinski definition) is 2. The van der Waals surface area contributed by atoms with E-state index in [0.717, 1.165) is 38.4 Å². The third kappa shape index (κ3) is 5.52. The largest absolute Gasteiger partial charge is 0.490 e. The van der Waals surface area contributed by atoms with E-state index in [4.69, 9.17) is 9.47 Å². The van der Waals surface area contributed by atoms with Gasteiger partial charge in [-0.25, -0.2) is 17.5 Å². The highest BCUT2D eigenvalue weighted by Crippen LogP contribution is 2.23. The van der Waals surface area contributed by atoms with Crippen molar-refractivity contribution in [2.24, 2.45) is 5.92 Å². The smallest absolute Gasteiger partial charge is 0.240 e. The van der Waals surface area contributed by atoms with Crippen LogP contribution in [0, 0.1) is 11.7 Å². The summed E-state index contributed by atoms with van der Waals surface area (Å²) >= 11 is 0. The number of rotatable bonds is 6. The molecule has 2 N–H and O–H groups in total. The molecule has 25 heavy (non-hydrogen) atoms. The van der Waals surface area contributed by atoms with E-state index in [0.29, 0.717) is 19.8 Å². The number of sulfonamides is 1. The van der Waals surface area contributed by atoms with Crippen LogP contribution in [0.15, 0.2) is 23.1 Å². The van der Waals surface area contributed by atoms with Crippen molar-refractivity contribution in [2.45, 2.75) is 30.2 Å². The summed E-state index contributed by atoms with van der Waals surface area (Å²) in [6, 6.07) is 3.66. The highest BCUT2D eigenvalue weighted by molar-refractivity contribution is 7.89. The third-order valence-electron chi connectivity index (χ3n) is 4.37. The summed E-state index contributed by atoms with van der Waals surface area (Å²) in [6.07, 6.45) is 2.35. The van der Waals surface area contributed by atoms with Gasteiger partial charge >= 0.3 is 0 Å². The van der Waals surface area contributed by atoms with Crippen molar-refractivity contribution in [1.29, 1.82) is 0 Å². The molecule has 2 aliphatic rings. The fourth-order valence-electron chi connectivity index (χ4n) is 2.92. The van der Waals surface area contributed by atoms with Crippen molar-refractivity contribution in [3.63, 3.8) is 0 Å². The van der Waals surface area contributed by atoms with E-state index in [-0.39, 0.29) is 35.0 Å². The zero-order chi connectivity index (χ0) is 17.0. The first-order chi connectivity index (χ1) is 11.5. The molecule has 0 spiro atoms. The van der Waals surface area contributed by atoms with Gasteiger partial charge in [0, 0.05) is 18.6 Å². The maximum absolute atomic E-state index is 14.2. The summed E-state index contributed by atoms with van der Waals surface area (Å²) in [5, 5.41) is 3.17. The molecule has 9 heteroatoms. The first-order valence-corrected chi connectivity index (χ1v) is 9.76. The van der Waals surface area contributed by atoms with Crippen molar-refractivity contribution in [1.82, 2.24) is 10.0 Å². The van der Waals surface area contributed by atoms with Crippen LogP contribution in [0.2, 0.25) is 0 Å². The number of piperidine rings is 1. The predicted octanol–water partition coefficient (Wildman–Crippen LogP) is 1.69. The van der Waals surface area contributed by atoms with Gasteiger partial charge < -0.3 is 14.8 Å². The Morgan fingerprint density at radius 2 is 2.04 bits per heavy atom. The van der Waals surface area contributed by atoms with Gasteiger partial charge in [0.1, 0.15) is 0 Å². The van der Waals surface area contributed by atoms with Gasteiger partial charge in [0.2, 0.25) is 10.0 Å². The molecule has 2 saturated heterocycles. The lowest BCUT2D eigenvalue weighted by Crippen LogP contribution is -2.42. The van der Waals surface area contributed by atoms with E-state index < -0.39 is 15.8 Å². The molecule has 1 aromatic rings. The van der Waals surface area contributed by atoms with Crippen LogP contribution in [-0.4, -0.2) is 47.4 Å². The first kappa shape index (κ1) is 20.4. The molecular weight excluding hydrogens is 371 g/mol. The van der Waals surface area contributed by atoms with E-state index in [9.17, 15) is 12.8 Å². The van der Waals surface area contributed by atoms with Gasteiger partial charge in [-0.2, -0.15) is 0 Å². The molecule has 0 bridgehead atoms. The maximum Gasteiger partial charge on any atom is 0.240 e. The van der Waals surface area contributed by atoms with E-state index in [2.05, 4.69) is 10.0 Å². The fourth-order valence-corrected chi connectivity index (χ4v) is 4.23. The van der Waals surface area contributed by atoms with Crippen LogP contribution in [0.25, 0.3) is 0 Å². The molecule has 0 saturated carbocycles. The minimum Gasteiger partial charge on any atom is -0.490 e. The molecule has 142 valence electrons. The Hall–Kier alpha value is -0.930. The fraction of sp³-hybridized carbons (Fsp3) is 0.625. The molecule has 1 unspecified atom stereocenters. The lowest BCUT2D eigenvalue weighted by molar-refractivity contribution is 0.165. The topological polar surface area (TPSA) is 76.7 Å². The van der Waals surface area contributed by atoms with Crippen LogP contribution in [0.5, 0.6) is 5.75 Å². The molecule has 0 aromatic heterocycles. The van der Waals surface area contributed by atoms with Gasteiger partial charge in [-0.15, -0.1) is 12.4 Å². The van der Waals surface area contributed by atoms with Crippen LogP contribution in [0.3, 0.4) is 0 Å². The summed E-state index contributed by atoms with van der Waals surface area (Å²) in [5.41, 5.74) is 0. The summed E-state index contributed by atoms with van der Waals surface area (Å²) in [5.74, 6) is -0.334. The summed E-state index contributed by atoms with van der Waals surface area (Å²) in [7, 11) is -3.72. The normalized spacial score (nSPS) is 21.7. The van der Waals surface area contributed by atoms with Crippen LogP contribution in [0.1, 0.15) is 19.3 Å². The Morgan fingerprint density at radius 1 is 1.28 bits per heavy atom. The van der Waals surface area contributed by atoms with Crippen molar-refractivity contribution < 1.29 is 22.3 Å². The molecule has 3 rings (SSSR count). The average molecular weight is 395 g/mol. The Bertz CT molecular complexity index is 662. The molecule has 2 aliphatic heterocycles. The minimum absolute atomic E-state index is 0. The van der Waals surface area contributed by atoms with Crippen LogP contribution in [-0.2, 0) is 14.8 Å². The highest BCUT2D eigenvalue weighted by Gasteiger charge is 2.23. The summed E-state index contributed by atoms with van der Waals surface area (Å²) in [6.45, 7) is 3.25. The average Bonchev–Trinajstić information content (AvgIpc) is 3.07. The summed E-state index contributed by atoms with van der Waals surface area (Å²) < 4.78 is 52.3. The standard InChI is InChI=1S/C16H23FN2O4S.ClH/c17-15-9-14(24(20,21)19-13-3-6-18-7-4-13)1-2-16(15)23-11-12-5-8-22-10-12;/h1-2,9,12-13,18-19H,3-8,10-11H2;1H. The van der Waals surface area contributed by atoms with Gasteiger partial charge in [0.25, 0.3) is 0 Å². The van der Waals surface area contributed by atoms with Gasteiger partial charge in [-0.1, -0.05) is 0 Å². The molecule has 2 fully saturated rings. The van der Waals surface area contributed by atoms with Crippen LogP contribution >= 0.6 is 12.4 Å². The van der Waals surface area contributed by atoms with Gasteiger partial charge in [-0.05, 0) is 50.6 Å². The second kappa shape index (κ2) is 9.14. The quantitative estimate of drug-likeness (QED) is 0.767. The lowest BCUT2D eigenvalue weighted by atomic mass is 10.1. The molecule has 0 aliphatic carbocycles. The number of nitrogens with one attached hydrogen (secondary N) is 2. The van der Waals surface area contributed by atoms with Crippen molar-refractivity contribution >= 4 is 22.4 Å². The number of halogens is 2. The second-order valence-electron chi connectivity index (χ2n) is 6.28. The Labute approximate surface area is 153 Å². The molecule has 1 atom stereocenters.